The highest BCUT2D eigenvalue weighted by Crippen LogP contribution is 2.15. The van der Waals surface area contributed by atoms with E-state index in [1.807, 2.05) is 48.5 Å². The van der Waals surface area contributed by atoms with E-state index >= 15 is 0 Å². The molecule has 2 aromatic carbocycles. The average molecular weight is 285 g/mol. The van der Waals surface area contributed by atoms with Gasteiger partial charge in [0.05, 0.1) is 20.3 Å². The van der Waals surface area contributed by atoms with Crippen LogP contribution in [0.15, 0.2) is 53.5 Å². The first-order valence-electron chi connectivity index (χ1n) is 6.61. The SMILES string of the molecule is COc1ccc(NC(N)=NCc2ccccc2CO)cc1. The number of anilines is 1. The van der Waals surface area contributed by atoms with Gasteiger partial charge in [0, 0.05) is 5.69 Å². The molecule has 2 aromatic rings. The fourth-order valence-corrected chi connectivity index (χ4v) is 1.90. The van der Waals surface area contributed by atoms with Crippen molar-refractivity contribution in [2.24, 2.45) is 10.7 Å². The molecule has 0 saturated carbocycles. The summed E-state index contributed by atoms with van der Waals surface area (Å²) in [6.07, 6.45) is 0. The number of rotatable bonds is 5. The summed E-state index contributed by atoms with van der Waals surface area (Å²) < 4.78 is 5.09. The number of guanidine groups is 1. The molecule has 0 unspecified atom stereocenters. The number of aliphatic imine (C=N–C) groups is 1. The number of nitrogens with one attached hydrogen (secondary N) is 1. The number of benzene rings is 2. The van der Waals surface area contributed by atoms with E-state index < -0.39 is 0 Å². The Bertz CT molecular complexity index is 609. The van der Waals surface area contributed by atoms with E-state index in [1.165, 1.54) is 0 Å². The third-order valence-corrected chi connectivity index (χ3v) is 3.07. The zero-order valence-electron chi connectivity index (χ0n) is 11.9. The van der Waals surface area contributed by atoms with Crippen molar-refractivity contribution in [3.63, 3.8) is 0 Å². The summed E-state index contributed by atoms with van der Waals surface area (Å²) in [6.45, 7) is 0.420. The Morgan fingerprint density at radius 1 is 1.14 bits per heavy atom. The summed E-state index contributed by atoms with van der Waals surface area (Å²) in [5.41, 5.74) is 8.52. The molecule has 0 bridgehead atoms. The van der Waals surface area contributed by atoms with Crippen molar-refractivity contribution in [2.45, 2.75) is 13.2 Å². The third kappa shape index (κ3) is 4.22. The summed E-state index contributed by atoms with van der Waals surface area (Å²) in [4.78, 5) is 4.28. The Kier molecular flexibility index (Phi) is 5.17. The van der Waals surface area contributed by atoms with Crippen LogP contribution in [-0.2, 0) is 13.2 Å². The first kappa shape index (κ1) is 14.9. The molecule has 0 aromatic heterocycles. The maximum atomic E-state index is 9.26. The zero-order chi connectivity index (χ0) is 15.1. The molecule has 5 nitrogen and oxygen atoms in total. The number of nitrogens with two attached hydrogens (primary N) is 1. The molecule has 0 radical (unpaired) electrons. The fraction of sp³-hybridized carbons (Fsp3) is 0.188. The van der Waals surface area contributed by atoms with Crippen molar-refractivity contribution >= 4 is 11.6 Å². The van der Waals surface area contributed by atoms with Gasteiger partial charge in [-0.1, -0.05) is 24.3 Å². The zero-order valence-corrected chi connectivity index (χ0v) is 11.9. The molecule has 5 heteroatoms. The van der Waals surface area contributed by atoms with E-state index in [1.54, 1.807) is 7.11 Å². The molecule has 0 amide bonds. The smallest absolute Gasteiger partial charge is 0.193 e. The van der Waals surface area contributed by atoms with Gasteiger partial charge >= 0.3 is 0 Å². The predicted molar refractivity (Wildman–Crippen MR) is 84.3 cm³/mol. The van der Waals surface area contributed by atoms with Crippen molar-refractivity contribution in [1.82, 2.24) is 0 Å². The molecule has 0 atom stereocenters. The van der Waals surface area contributed by atoms with Gasteiger partial charge in [0.2, 0.25) is 0 Å². The molecule has 0 aliphatic rings. The summed E-state index contributed by atoms with van der Waals surface area (Å²) in [6, 6.07) is 15.0. The number of nitrogens with zero attached hydrogens (tertiary/aromatic N) is 1. The normalized spacial score (nSPS) is 11.2. The van der Waals surface area contributed by atoms with Crippen molar-refractivity contribution in [2.75, 3.05) is 12.4 Å². The monoisotopic (exact) mass is 285 g/mol. The summed E-state index contributed by atoms with van der Waals surface area (Å²) in [5, 5.41) is 12.3. The average Bonchev–Trinajstić information content (AvgIpc) is 2.54. The van der Waals surface area contributed by atoms with Gasteiger partial charge in [0.25, 0.3) is 0 Å². The van der Waals surface area contributed by atoms with Gasteiger partial charge in [0.1, 0.15) is 5.75 Å². The third-order valence-electron chi connectivity index (χ3n) is 3.07. The van der Waals surface area contributed by atoms with Gasteiger partial charge in [-0.25, -0.2) is 4.99 Å². The lowest BCUT2D eigenvalue weighted by molar-refractivity contribution is 0.280. The van der Waals surface area contributed by atoms with Crippen molar-refractivity contribution in [1.29, 1.82) is 0 Å². The number of hydrogen-bond donors (Lipinski definition) is 3. The minimum absolute atomic E-state index is 0.00247. The Morgan fingerprint density at radius 3 is 2.43 bits per heavy atom. The summed E-state index contributed by atoms with van der Waals surface area (Å²) in [5.74, 6) is 1.11. The van der Waals surface area contributed by atoms with Crippen LogP contribution in [0, 0.1) is 0 Å². The van der Waals surface area contributed by atoms with E-state index in [-0.39, 0.29) is 6.61 Å². The maximum Gasteiger partial charge on any atom is 0.193 e. The largest absolute Gasteiger partial charge is 0.497 e. The van der Waals surface area contributed by atoms with Gasteiger partial charge < -0.3 is 20.9 Å². The highest BCUT2D eigenvalue weighted by atomic mass is 16.5. The molecular weight excluding hydrogens is 266 g/mol. The lowest BCUT2D eigenvalue weighted by Crippen LogP contribution is -2.22. The number of hydrogen-bond acceptors (Lipinski definition) is 3. The Hall–Kier alpha value is -2.53. The lowest BCUT2D eigenvalue weighted by atomic mass is 10.1. The highest BCUT2D eigenvalue weighted by Gasteiger charge is 2.00. The van der Waals surface area contributed by atoms with E-state index in [9.17, 15) is 5.11 Å². The summed E-state index contributed by atoms with van der Waals surface area (Å²) in [7, 11) is 1.62. The van der Waals surface area contributed by atoms with Gasteiger partial charge in [-0.3, -0.25) is 0 Å². The van der Waals surface area contributed by atoms with Crippen LogP contribution in [0.4, 0.5) is 5.69 Å². The van der Waals surface area contributed by atoms with Gasteiger partial charge in [-0.15, -0.1) is 0 Å². The standard InChI is InChI=1S/C16H19N3O2/c1-21-15-8-6-14(7-9-15)19-16(17)18-10-12-4-2-3-5-13(12)11-20/h2-9,20H,10-11H2,1H3,(H3,17,18,19). The fourth-order valence-electron chi connectivity index (χ4n) is 1.90. The van der Waals surface area contributed by atoms with Gasteiger partial charge in [0.15, 0.2) is 5.96 Å². The van der Waals surface area contributed by atoms with Crippen molar-refractivity contribution in [3.05, 3.63) is 59.7 Å². The molecule has 2 rings (SSSR count). The van der Waals surface area contributed by atoms with E-state index in [0.29, 0.717) is 12.5 Å². The van der Waals surface area contributed by atoms with Crippen LogP contribution < -0.4 is 15.8 Å². The molecule has 0 fully saturated rings. The van der Waals surface area contributed by atoms with Crippen LogP contribution in [0.3, 0.4) is 0 Å². The molecule has 0 aliphatic carbocycles. The van der Waals surface area contributed by atoms with Crippen molar-refractivity contribution in [3.8, 4) is 5.75 Å². The van der Waals surface area contributed by atoms with Gasteiger partial charge in [-0.2, -0.15) is 0 Å². The molecule has 0 saturated heterocycles. The van der Waals surface area contributed by atoms with Crippen LogP contribution in [0.1, 0.15) is 11.1 Å². The maximum absolute atomic E-state index is 9.26. The Labute approximate surface area is 124 Å². The van der Waals surface area contributed by atoms with Crippen molar-refractivity contribution < 1.29 is 9.84 Å². The highest BCUT2D eigenvalue weighted by molar-refractivity contribution is 5.92. The van der Waals surface area contributed by atoms with Crippen LogP contribution >= 0.6 is 0 Å². The molecule has 0 spiro atoms. The van der Waals surface area contributed by atoms with E-state index in [0.717, 1.165) is 22.6 Å². The van der Waals surface area contributed by atoms with Crippen LogP contribution in [0.2, 0.25) is 0 Å². The molecule has 4 N–H and O–H groups in total. The van der Waals surface area contributed by atoms with Crippen LogP contribution in [-0.4, -0.2) is 18.2 Å². The molecule has 21 heavy (non-hydrogen) atoms. The molecular formula is C16H19N3O2. The second-order valence-corrected chi connectivity index (χ2v) is 4.48. The Balaban J connectivity index is 2.00. The molecule has 0 heterocycles. The predicted octanol–water partition coefficient (Wildman–Crippen LogP) is 2.11. The topological polar surface area (TPSA) is 79.9 Å². The van der Waals surface area contributed by atoms with Crippen LogP contribution in [0.5, 0.6) is 5.75 Å². The Morgan fingerprint density at radius 2 is 1.81 bits per heavy atom. The molecule has 0 aliphatic heterocycles. The number of aliphatic hydroxyl groups excluding tert-OH is 1. The number of methoxy groups -OCH3 is 1. The molecule has 110 valence electrons. The minimum Gasteiger partial charge on any atom is -0.497 e. The van der Waals surface area contributed by atoms with E-state index in [4.69, 9.17) is 10.5 Å². The van der Waals surface area contributed by atoms with E-state index in [2.05, 4.69) is 10.3 Å². The quantitative estimate of drug-likeness (QED) is 0.580. The first-order chi connectivity index (χ1) is 10.2. The minimum atomic E-state index is -0.00247. The first-order valence-corrected chi connectivity index (χ1v) is 6.61. The number of ether oxygens (including phenoxy) is 1. The number of aliphatic hydroxyl groups is 1. The second kappa shape index (κ2) is 7.31. The lowest BCUT2D eigenvalue weighted by Gasteiger charge is -2.08. The van der Waals surface area contributed by atoms with Gasteiger partial charge in [-0.05, 0) is 35.4 Å². The second-order valence-electron chi connectivity index (χ2n) is 4.48. The summed E-state index contributed by atoms with van der Waals surface area (Å²) >= 11 is 0. The van der Waals surface area contributed by atoms with Crippen LogP contribution in [0.25, 0.3) is 0 Å².